The fraction of sp³-hybridized carbons (Fsp3) is 0.464. The van der Waals surface area contributed by atoms with Gasteiger partial charge in [0.2, 0.25) is 0 Å². The topological polar surface area (TPSA) is 111 Å². The van der Waals surface area contributed by atoms with E-state index in [1.54, 1.807) is 65.8 Å². The number of ether oxygens (including phenoxy) is 3. The molecule has 0 saturated heterocycles. The quantitative estimate of drug-likeness (QED) is 0.436. The first kappa shape index (κ1) is 28.7. The van der Waals surface area contributed by atoms with Crippen LogP contribution in [0, 0.1) is 5.92 Å². The molecule has 2 N–H and O–H groups in total. The van der Waals surface area contributed by atoms with Gasteiger partial charge in [-0.05, 0) is 77.6 Å². The van der Waals surface area contributed by atoms with Crippen molar-refractivity contribution in [3.63, 3.8) is 0 Å². The fourth-order valence-corrected chi connectivity index (χ4v) is 3.34. The molecule has 0 radical (unpaired) electrons. The Balaban J connectivity index is 2.09. The molecular formula is C28H37NO7. The summed E-state index contributed by atoms with van der Waals surface area (Å²) in [5, 5.41) is 12.4. The molecule has 0 saturated carbocycles. The molecule has 2 aromatic rings. The monoisotopic (exact) mass is 499 g/mol. The summed E-state index contributed by atoms with van der Waals surface area (Å²) < 4.78 is 16.5. The molecule has 0 aromatic heterocycles. The summed E-state index contributed by atoms with van der Waals surface area (Å²) in [6.45, 7) is 10.6. The van der Waals surface area contributed by atoms with Gasteiger partial charge in [-0.1, -0.05) is 42.5 Å². The van der Waals surface area contributed by atoms with E-state index in [1.165, 1.54) is 0 Å². The average molecular weight is 500 g/mol. The van der Waals surface area contributed by atoms with E-state index in [1.807, 2.05) is 30.3 Å². The van der Waals surface area contributed by atoms with Gasteiger partial charge in [-0.3, -0.25) is 4.79 Å². The lowest BCUT2D eigenvalue weighted by Gasteiger charge is -2.27. The summed E-state index contributed by atoms with van der Waals surface area (Å²) in [5.41, 5.74) is 0.214. The molecule has 0 unspecified atom stereocenters. The van der Waals surface area contributed by atoms with Crippen molar-refractivity contribution in [2.45, 2.75) is 78.2 Å². The zero-order valence-corrected chi connectivity index (χ0v) is 21.9. The van der Waals surface area contributed by atoms with Gasteiger partial charge in [0.25, 0.3) is 0 Å². The molecular weight excluding hydrogens is 462 g/mol. The van der Waals surface area contributed by atoms with E-state index < -0.39 is 41.2 Å². The molecule has 0 aliphatic rings. The number of hydrogen-bond donors (Lipinski definition) is 2. The molecule has 8 nitrogen and oxygen atoms in total. The highest BCUT2D eigenvalue weighted by Gasteiger charge is 2.33. The number of rotatable bonds is 10. The molecule has 8 heteroatoms. The number of alkyl carbamates (subject to hydrolysis) is 1. The van der Waals surface area contributed by atoms with E-state index >= 15 is 0 Å². The highest BCUT2D eigenvalue weighted by Crippen LogP contribution is 2.21. The van der Waals surface area contributed by atoms with Crippen LogP contribution in [0.4, 0.5) is 4.79 Å². The van der Waals surface area contributed by atoms with Gasteiger partial charge in [0.1, 0.15) is 29.6 Å². The molecule has 196 valence electrons. The van der Waals surface area contributed by atoms with E-state index in [9.17, 15) is 19.5 Å². The highest BCUT2D eigenvalue weighted by atomic mass is 16.6. The summed E-state index contributed by atoms with van der Waals surface area (Å²) in [7, 11) is 0. The normalized spacial score (nSPS) is 13.3. The smallest absolute Gasteiger partial charge is 0.408 e. The van der Waals surface area contributed by atoms with Crippen molar-refractivity contribution < 1.29 is 33.7 Å². The second-order valence-corrected chi connectivity index (χ2v) is 10.6. The molecule has 36 heavy (non-hydrogen) atoms. The van der Waals surface area contributed by atoms with Crippen molar-refractivity contribution in [1.82, 2.24) is 5.32 Å². The minimum Gasteiger partial charge on any atom is -0.489 e. The predicted octanol–water partition coefficient (Wildman–Crippen LogP) is 5.13. The molecule has 0 fully saturated rings. The highest BCUT2D eigenvalue weighted by molar-refractivity contribution is 5.82. The van der Waals surface area contributed by atoms with Gasteiger partial charge < -0.3 is 24.6 Å². The largest absolute Gasteiger partial charge is 0.489 e. The number of benzene rings is 2. The van der Waals surface area contributed by atoms with E-state index in [4.69, 9.17) is 14.2 Å². The lowest BCUT2D eigenvalue weighted by Crippen LogP contribution is -2.47. The number of amides is 1. The van der Waals surface area contributed by atoms with E-state index in [2.05, 4.69) is 5.32 Å². The maximum atomic E-state index is 12.8. The first-order chi connectivity index (χ1) is 16.7. The van der Waals surface area contributed by atoms with Crippen molar-refractivity contribution in [1.29, 1.82) is 0 Å². The van der Waals surface area contributed by atoms with Crippen LogP contribution < -0.4 is 10.1 Å². The minimum atomic E-state index is -1.19. The van der Waals surface area contributed by atoms with Crippen molar-refractivity contribution in [3.8, 4) is 5.75 Å². The number of nitrogens with one attached hydrogen (secondary N) is 1. The molecule has 0 bridgehead atoms. The van der Waals surface area contributed by atoms with Gasteiger partial charge in [-0.25, -0.2) is 9.59 Å². The summed E-state index contributed by atoms with van der Waals surface area (Å²) in [6, 6.07) is 15.7. The summed E-state index contributed by atoms with van der Waals surface area (Å²) in [5.74, 6) is -2.09. The number of carboxylic acid groups (broad SMARTS) is 1. The number of carbonyl (C=O) groups is 3. The first-order valence-corrected chi connectivity index (χ1v) is 11.9. The predicted molar refractivity (Wildman–Crippen MR) is 136 cm³/mol. The number of esters is 1. The van der Waals surface area contributed by atoms with Crippen LogP contribution in [0.2, 0.25) is 0 Å². The van der Waals surface area contributed by atoms with Gasteiger partial charge in [-0.15, -0.1) is 0 Å². The number of hydrogen-bond acceptors (Lipinski definition) is 6. The van der Waals surface area contributed by atoms with Crippen LogP contribution in [0.15, 0.2) is 54.6 Å². The summed E-state index contributed by atoms with van der Waals surface area (Å²) in [4.78, 5) is 37.2. The van der Waals surface area contributed by atoms with Gasteiger partial charge in [0.05, 0.1) is 5.92 Å². The van der Waals surface area contributed by atoms with Gasteiger partial charge in [-0.2, -0.15) is 0 Å². The van der Waals surface area contributed by atoms with Crippen LogP contribution >= 0.6 is 0 Å². The second kappa shape index (κ2) is 12.4. The van der Waals surface area contributed by atoms with Crippen LogP contribution in [0.3, 0.4) is 0 Å². The van der Waals surface area contributed by atoms with Crippen LogP contribution in [0.25, 0.3) is 0 Å². The van der Waals surface area contributed by atoms with E-state index in [0.717, 1.165) is 11.1 Å². The third-order valence-corrected chi connectivity index (χ3v) is 4.91. The lowest BCUT2D eigenvalue weighted by atomic mass is 9.92. The van der Waals surface area contributed by atoms with E-state index in [-0.39, 0.29) is 12.8 Å². The Hall–Kier alpha value is -3.55. The molecule has 0 spiro atoms. The second-order valence-electron chi connectivity index (χ2n) is 10.6. The first-order valence-electron chi connectivity index (χ1n) is 11.9. The van der Waals surface area contributed by atoms with E-state index in [0.29, 0.717) is 12.4 Å². The number of aliphatic carboxylic acids is 1. The van der Waals surface area contributed by atoms with Crippen molar-refractivity contribution in [3.05, 3.63) is 65.7 Å². The van der Waals surface area contributed by atoms with Gasteiger partial charge in [0, 0.05) is 0 Å². The fourth-order valence-electron chi connectivity index (χ4n) is 3.34. The van der Waals surface area contributed by atoms with Crippen LogP contribution in [-0.2, 0) is 32.1 Å². The third-order valence-electron chi connectivity index (χ3n) is 4.91. The van der Waals surface area contributed by atoms with Crippen LogP contribution in [0.1, 0.15) is 59.1 Å². The molecule has 2 atom stereocenters. The van der Waals surface area contributed by atoms with Gasteiger partial charge >= 0.3 is 18.0 Å². The van der Waals surface area contributed by atoms with Crippen molar-refractivity contribution in [2.24, 2.45) is 5.92 Å². The van der Waals surface area contributed by atoms with Crippen LogP contribution in [0.5, 0.6) is 5.75 Å². The maximum Gasteiger partial charge on any atom is 0.408 e. The number of carboxylic acids is 1. The molecule has 2 rings (SSSR count). The molecule has 2 aromatic carbocycles. The Labute approximate surface area is 212 Å². The Morgan fingerprint density at radius 3 is 1.94 bits per heavy atom. The van der Waals surface area contributed by atoms with Crippen molar-refractivity contribution >= 4 is 18.0 Å². The average Bonchev–Trinajstić information content (AvgIpc) is 2.75. The zero-order valence-electron chi connectivity index (χ0n) is 21.9. The number of carbonyl (C=O) groups excluding carboxylic acids is 2. The SMILES string of the molecule is CC(C)(C)OC(=O)N[C@@H](C[C@H](Cc1ccc(OCc2ccccc2)cc1)C(=O)O)C(=O)OC(C)(C)C. The molecule has 0 aliphatic carbocycles. The van der Waals surface area contributed by atoms with Crippen LogP contribution in [-0.4, -0.2) is 40.4 Å². The van der Waals surface area contributed by atoms with Crippen molar-refractivity contribution in [2.75, 3.05) is 0 Å². The Kier molecular flexibility index (Phi) is 9.90. The Morgan fingerprint density at radius 2 is 1.42 bits per heavy atom. The summed E-state index contributed by atoms with van der Waals surface area (Å²) >= 11 is 0. The summed E-state index contributed by atoms with van der Waals surface area (Å²) in [6.07, 6.45) is -0.818. The zero-order chi connectivity index (χ0) is 26.9. The third kappa shape index (κ3) is 10.8. The minimum absolute atomic E-state index is 0.156. The molecule has 1 amide bonds. The molecule has 0 heterocycles. The molecule has 0 aliphatic heterocycles. The van der Waals surface area contributed by atoms with Gasteiger partial charge in [0.15, 0.2) is 0 Å². The Morgan fingerprint density at radius 1 is 0.833 bits per heavy atom. The Bertz CT molecular complexity index is 1000. The standard InChI is InChI=1S/C28H37NO7/c1-27(2,3)35-25(32)23(29-26(33)36-28(4,5)6)17-21(24(30)31)16-19-12-14-22(15-13-19)34-18-20-10-8-7-9-11-20/h7-15,21,23H,16-18H2,1-6H3,(H,29,33)(H,30,31)/t21-,23-/m0/s1. The lowest BCUT2D eigenvalue weighted by molar-refractivity contribution is -0.158. The maximum absolute atomic E-state index is 12.8.